The Kier molecular flexibility index (Phi) is 5.64. The zero-order chi connectivity index (χ0) is 15.3. The van der Waals surface area contributed by atoms with E-state index in [0.717, 1.165) is 5.56 Å². The topological polar surface area (TPSA) is 81.5 Å². The summed E-state index contributed by atoms with van der Waals surface area (Å²) in [5.74, 6) is -0.260. The van der Waals surface area contributed by atoms with Gasteiger partial charge in [0.25, 0.3) is 5.69 Å². The van der Waals surface area contributed by atoms with E-state index < -0.39 is 11.0 Å². The number of methoxy groups -OCH3 is 1. The Labute approximate surface area is 118 Å². The van der Waals surface area contributed by atoms with E-state index in [1.54, 1.807) is 13.0 Å². The molecule has 6 nitrogen and oxygen atoms in total. The number of aryl methyl sites for hydroxylation is 1. The summed E-state index contributed by atoms with van der Waals surface area (Å²) in [6.07, 6.45) is 0. The Morgan fingerprint density at radius 3 is 2.60 bits per heavy atom. The summed E-state index contributed by atoms with van der Waals surface area (Å²) in [5, 5.41) is 14.0. The van der Waals surface area contributed by atoms with E-state index in [0.29, 0.717) is 12.1 Å². The van der Waals surface area contributed by atoms with Gasteiger partial charge in [0.2, 0.25) is 0 Å². The highest BCUT2D eigenvalue weighted by Crippen LogP contribution is 2.19. The molecule has 20 heavy (non-hydrogen) atoms. The summed E-state index contributed by atoms with van der Waals surface area (Å²) in [6.45, 7) is 5.89. The molecule has 1 aromatic carbocycles. The second kappa shape index (κ2) is 7.00. The van der Waals surface area contributed by atoms with Crippen molar-refractivity contribution in [1.82, 2.24) is 5.32 Å². The van der Waals surface area contributed by atoms with Crippen molar-refractivity contribution in [3.63, 3.8) is 0 Å². The van der Waals surface area contributed by atoms with Crippen LogP contribution in [0.4, 0.5) is 5.69 Å². The van der Waals surface area contributed by atoms with Crippen LogP contribution in [0, 0.1) is 23.0 Å². The zero-order valence-electron chi connectivity index (χ0n) is 12.2. The van der Waals surface area contributed by atoms with E-state index in [1.807, 2.05) is 19.9 Å². The van der Waals surface area contributed by atoms with Crippen LogP contribution in [0.5, 0.6) is 0 Å². The highest BCUT2D eigenvalue weighted by Gasteiger charge is 2.22. The molecule has 0 saturated carbocycles. The molecule has 110 valence electrons. The Hall–Kier alpha value is -1.95. The number of carbonyl (C=O) groups excluding carboxylic acids is 1. The maximum absolute atomic E-state index is 11.6. The van der Waals surface area contributed by atoms with Gasteiger partial charge in [0.05, 0.1) is 12.0 Å². The third kappa shape index (κ3) is 4.03. The normalized spacial score (nSPS) is 12.2. The van der Waals surface area contributed by atoms with Crippen molar-refractivity contribution in [1.29, 1.82) is 0 Å². The van der Waals surface area contributed by atoms with E-state index in [4.69, 9.17) is 4.74 Å². The molecule has 0 spiro atoms. The SMILES string of the molecule is COC(=O)C(NCc1ccc(C)c([N+](=O)[O-])c1)C(C)C. The van der Waals surface area contributed by atoms with Crippen LogP contribution in [0.1, 0.15) is 25.0 Å². The van der Waals surface area contributed by atoms with Crippen molar-refractivity contribution < 1.29 is 14.5 Å². The van der Waals surface area contributed by atoms with Gasteiger partial charge in [-0.25, -0.2) is 0 Å². The van der Waals surface area contributed by atoms with E-state index in [1.165, 1.54) is 13.2 Å². The minimum absolute atomic E-state index is 0.0721. The summed E-state index contributed by atoms with van der Waals surface area (Å²) in [4.78, 5) is 22.1. The quantitative estimate of drug-likeness (QED) is 0.490. The van der Waals surface area contributed by atoms with Gasteiger partial charge in [-0.1, -0.05) is 26.0 Å². The Morgan fingerprint density at radius 1 is 1.45 bits per heavy atom. The zero-order valence-corrected chi connectivity index (χ0v) is 12.2. The number of hydrogen-bond donors (Lipinski definition) is 1. The first-order valence-electron chi connectivity index (χ1n) is 6.42. The lowest BCUT2D eigenvalue weighted by Crippen LogP contribution is -2.41. The average Bonchev–Trinajstić information content (AvgIpc) is 2.39. The lowest BCUT2D eigenvalue weighted by atomic mass is 10.0. The Bertz CT molecular complexity index is 500. The number of nitro benzene ring substituents is 1. The van der Waals surface area contributed by atoms with Crippen molar-refractivity contribution in [3.8, 4) is 0 Å². The van der Waals surface area contributed by atoms with Crippen molar-refractivity contribution in [2.45, 2.75) is 33.4 Å². The second-order valence-electron chi connectivity index (χ2n) is 5.00. The number of hydrogen-bond acceptors (Lipinski definition) is 5. The maximum atomic E-state index is 11.6. The van der Waals surface area contributed by atoms with Gasteiger partial charge in [-0.15, -0.1) is 0 Å². The average molecular weight is 280 g/mol. The van der Waals surface area contributed by atoms with Crippen LogP contribution in [-0.2, 0) is 16.1 Å². The van der Waals surface area contributed by atoms with Crippen LogP contribution in [-0.4, -0.2) is 24.0 Å². The standard InChI is InChI=1S/C14H20N2O4/c1-9(2)13(14(17)20-4)15-8-11-6-5-10(3)12(7-11)16(18)19/h5-7,9,13,15H,8H2,1-4H3. The van der Waals surface area contributed by atoms with Gasteiger partial charge in [-0.3, -0.25) is 14.9 Å². The summed E-state index contributed by atoms with van der Waals surface area (Å²) < 4.78 is 4.73. The van der Waals surface area contributed by atoms with Crippen LogP contribution in [0.25, 0.3) is 0 Å². The lowest BCUT2D eigenvalue weighted by Gasteiger charge is -2.19. The van der Waals surface area contributed by atoms with Gasteiger partial charge in [0.1, 0.15) is 6.04 Å². The molecule has 0 bridgehead atoms. The van der Waals surface area contributed by atoms with Crippen molar-refractivity contribution in [2.75, 3.05) is 7.11 Å². The number of carbonyl (C=O) groups is 1. The maximum Gasteiger partial charge on any atom is 0.323 e. The number of nitro groups is 1. The molecule has 0 aromatic heterocycles. The van der Waals surface area contributed by atoms with Gasteiger partial charge in [0, 0.05) is 18.2 Å². The number of nitrogens with zero attached hydrogens (tertiary/aromatic N) is 1. The molecule has 1 unspecified atom stereocenters. The van der Waals surface area contributed by atoms with Gasteiger partial charge in [-0.2, -0.15) is 0 Å². The number of rotatable bonds is 6. The highest BCUT2D eigenvalue weighted by molar-refractivity contribution is 5.75. The summed E-state index contributed by atoms with van der Waals surface area (Å²) in [5.41, 5.74) is 1.47. The van der Waals surface area contributed by atoms with Gasteiger partial charge >= 0.3 is 5.97 Å². The molecule has 0 aliphatic heterocycles. The molecule has 1 rings (SSSR count). The molecule has 0 fully saturated rings. The molecule has 0 amide bonds. The predicted octanol–water partition coefficient (Wildman–Crippen LogP) is 2.19. The van der Waals surface area contributed by atoms with E-state index >= 15 is 0 Å². The molecule has 1 N–H and O–H groups in total. The van der Waals surface area contributed by atoms with Gasteiger partial charge in [-0.05, 0) is 18.4 Å². The van der Waals surface area contributed by atoms with Crippen LogP contribution < -0.4 is 5.32 Å². The minimum atomic E-state index is -0.430. The Balaban J connectivity index is 2.81. The first-order valence-corrected chi connectivity index (χ1v) is 6.42. The summed E-state index contributed by atoms with van der Waals surface area (Å²) in [7, 11) is 1.34. The molecule has 6 heteroatoms. The van der Waals surface area contributed by atoms with Gasteiger partial charge < -0.3 is 10.1 Å². The molecule has 0 heterocycles. The smallest absolute Gasteiger partial charge is 0.323 e. The van der Waals surface area contributed by atoms with Crippen LogP contribution in [0.15, 0.2) is 18.2 Å². The van der Waals surface area contributed by atoms with Crippen LogP contribution in [0.2, 0.25) is 0 Å². The predicted molar refractivity (Wildman–Crippen MR) is 75.3 cm³/mol. The monoisotopic (exact) mass is 280 g/mol. The third-order valence-electron chi connectivity index (χ3n) is 3.12. The Morgan fingerprint density at radius 2 is 2.10 bits per heavy atom. The number of nitrogens with one attached hydrogen (secondary N) is 1. The highest BCUT2D eigenvalue weighted by atomic mass is 16.6. The van der Waals surface area contributed by atoms with Crippen molar-refractivity contribution in [2.24, 2.45) is 5.92 Å². The van der Waals surface area contributed by atoms with E-state index in [9.17, 15) is 14.9 Å². The van der Waals surface area contributed by atoms with Crippen LogP contribution >= 0.6 is 0 Å². The van der Waals surface area contributed by atoms with Crippen LogP contribution in [0.3, 0.4) is 0 Å². The molecule has 1 aromatic rings. The lowest BCUT2D eigenvalue weighted by molar-refractivity contribution is -0.385. The van der Waals surface area contributed by atoms with E-state index in [2.05, 4.69) is 5.32 Å². The molecular weight excluding hydrogens is 260 g/mol. The molecule has 0 radical (unpaired) electrons. The summed E-state index contributed by atoms with van der Waals surface area (Å²) >= 11 is 0. The minimum Gasteiger partial charge on any atom is -0.468 e. The van der Waals surface area contributed by atoms with Crippen molar-refractivity contribution >= 4 is 11.7 Å². The largest absolute Gasteiger partial charge is 0.468 e. The molecule has 1 atom stereocenters. The summed E-state index contributed by atoms with van der Waals surface area (Å²) in [6, 6.07) is 4.61. The number of esters is 1. The third-order valence-corrected chi connectivity index (χ3v) is 3.12. The fourth-order valence-corrected chi connectivity index (χ4v) is 1.91. The molecule has 0 aliphatic carbocycles. The molecular formula is C14H20N2O4. The molecule has 0 aliphatic rings. The number of ether oxygens (including phenoxy) is 1. The molecule has 0 saturated heterocycles. The number of benzene rings is 1. The fraction of sp³-hybridized carbons (Fsp3) is 0.500. The van der Waals surface area contributed by atoms with E-state index in [-0.39, 0.29) is 17.6 Å². The van der Waals surface area contributed by atoms with Crippen molar-refractivity contribution in [3.05, 3.63) is 39.4 Å². The first-order chi connectivity index (χ1) is 9.36. The second-order valence-corrected chi connectivity index (χ2v) is 5.00. The first kappa shape index (κ1) is 16.1. The fourth-order valence-electron chi connectivity index (χ4n) is 1.91. The van der Waals surface area contributed by atoms with Gasteiger partial charge in [0.15, 0.2) is 0 Å².